The molecule has 7 heteroatoms. The van der Waals surface area contributed by atoms with Gasteiger partial charge in [0.2, 0.25) is 5.56 Å². The third-order valence-electron chi connectivity index (χ3n) is 1.98. The molecule has 0 aliphatic heterocycles. The highest BCUT2D eigenvalue weighted by atomic mass is 35.5. The van der Waals surface area contributed by atoms with Crippen molar-refractivity contribution in [1.82, 2.24) is 9.97 Å². The van der Waals surface area contributed by atoms with Crippen molar-refractivity contribution in [3.63, 3.8) is 0 Å². The van der Waals surface area contributed by atoms with Crippen LogP contribution in [-0.2, 0) is 6.18 Å². The fourth-order valence-corrected chi connectivity index (χ4v) is 1.53. The minimum atomic E-state index is -4.54. The van der Waals surface area contributed by atoms with Crippen LogP contribution in [-0.4, -0.2) is 9.97 Å². The summed E-state index contributed by atoms with van der Waals surface area (Å²) in [5, 5.41) is -0.502. The van der Waals surface area contributed by atoms with Gasteiger partial charge >= 0.3 is 6.18 Å². The molecule has 16 heavy (non-hydrogen) atoms. The monoisotopic (exact) mass is 248 g/mol. The molecular formula is C9H4ClF3N2O. The maximum atomic E-state index is 12.6. The summed E-state index contributed by atoms with van der Waals surface area (Å²) in [6.45, 7) is 0. The number of H-pyrrole nitrogens is 1. The standard InChI is InChI=1S/C9H4ClF3N2O/c10-6-3-5(9(11,12)13)4-1-2-7(16)15-8(4)14-6/h1-3H,(H,14,15,16). The summed E-state index contributed by atoms with van der Waals surface area (Å²) in [7, 11) is 0. The van der Waals surface area contributed by atoms with Crippen LogP contribution in [0.25, 0.3) is 11.0 Å². The van der Waals surface area contributed by atoms with Gasteiger partial charge in [-0.1, -0.05) is 11.6 Å². The Bertz CT molecular complexity index is 606. The van der Waals surface area contributed by atoms with E-state index in [1.54, 1.807) is 0 Å². The largest absolute Gasteiger partial charge is 0.417 e. The first-order valence-corrected chi connectivity index (χ1v) is 4.52. The van der Waals surface area contributed by atoms with Crippen LogP contribution in [0.2, 0.25) is 5.15 Å². The van der Waals surface area contributed by atoms with Gasteiger partial charge in [0.15, 0.2) is 0 Å². The quantitative estimate of drug-likeness (QED) is 0.729. The Balaban J connectivity index is 2.89. The molecule has 0 bridgehead atoms. The predicted octanol–water partition coefficient (Wildman–Crippen LogP) is 2.60. The maximum Gasteiger partial charge on any atom is 0.417 e. The molecule has 84 valence electrons. The second-order valence-electron chi connectivity index (χ2n) is 3.08. The molecule has 0 radical (unpaired) electrons. The molecule has 1 N–H and O–H groups in total. The average molecular weight is 249 g/mol. The third kappa shape index (κ3) is 1.88. The highest BCUT2D eigenvalue weighted by Crippen LogP contribution is 2.34. The molecule has 0 saturated carbocycles. The molecule has 2 rings (SSSR count). The Morgan fingerprint density at radius 2 is 2.00 bits per heavy atom. The second-order valence-corrected chi connectivity index (χ2v) is 3.46. The number of halogens is 4. The van der Waals surface area contributed by atoms with Gasteiger partial charge in [-0.25, -0.2) is 4.98 Å². The van der Waals surface area contributed by atoms with Gasteiger partial charge < -0.3 is 4.98 Å². The first-order chi connectivity index (χ1) is 7.38. The molecular weight excluding hydrogens is 245 g/mol. The summed E-state index contributed by atoms with van der Waals surface area (Å²) < 4.78 is 37.9. The minimum absolute atomic E-state index is 0.174. The molecule has 0 amide bonds. The van der Waals surface area contributed by atoms with Gasteiger partial charge in [0.25, 0.3) is 0 Å². The number of nitrogens with one attached hydrogen (secondary N) is 1. The number of alkyl halides is 3. The van der Waals surface area contributed by atoms with E-state index in [1.807, 2.05) is 0 Å². The van der Waals surface area contributed by atoms with Gasteiger partial charge in [0.1, 0.15) is 10.8 Å². The third-order valence-corrected chi connectivity index (χ3v) is 2.17. The maximum absolute atomic E-state index is 12.6. The summed E-state index contributed by atoms with van der Waals surface area (Å²) >= 11 is 5.45. The summed E-state index contributed by atoms with van der Waals surface area (Å²) in [6.07, 6.45) is -4.54. The molecule has 0 aliphatic carbocycles. The summed E-state index contributed by atoms with van der Waals surface area (Å²) in [5.41, 5.74) is -1.62. The van der Waals surface area contributed by atoms with Gasteiger partial charge in [0.05, 0.1) is 5.56 Å². The summed E-state index contributed by atoms with van der Waals surface area (Å²) in [6, 6.07) is 2.80. The lowest BCUT2D eigenvalue weighted by molar-refractivity contribution is -0.136. The lowest BCUT2D eigenvalue weighted by Gasteiger charge is -2.09. The highest BCUT2D eigenvalue weighted by Gasteiger charge is 2.33. The van der Waals surface area contributed by atoms with Crippen LogP contribution >= 0.6 is 11.6 Å². The van der Waals surface area contributed by atoms with Gasteiger partial charge in [0, 0.05) is 11.5 Å². The minimum Gasteiger partial charge on any atom is -0.307 e. The Labute approximate surface area is 91.9 Å². The van der Waals surface area contributed by atoms with E-state index in [4.69, 9.17) is 11.6 Å². The zero-order valence-corrected chi connectivity index (χ0v) is 8.36. The lowest BCUT2D eigenvalue weighted by Crippen LogP contribution is -2.10. The van der Waals surface area contributed by atoms with Gasteiger partial charge in [-0.2, -0.15) is 13.2 Å². The lowest BCUT2D eigenvalue weighted by atomic mass is 10.1. The molecule has 2 aromatic rings. The van der Waals surface area contributed by atoms with E-state index < -0.39 is 17.3 Å². The van der Waals surface area contributed by atoms with E-state index in [2.05, 4.69) is 9.97 Å². The second kappa shape index (κ2) is 3.48. The number of pyridine rings is 2. The van der Waals surface area contributed by atoms with Crippen molar-refractivity contribution >= 4 is 22.6 Å². The molecule has 0 aromatic carbocycles. The fraction of sp³-hybridized carbons (Fsp3) is 0.111. The molecule has 0 atom stereocenters. The molecule has 2 heterocycles. The molecule has 0 saturated heterocycles. The van der Waals surface area contributed by atoms with E-state index in [0.29, 0.717) is 0 Å². The fourth-order valence-electron chi connectivity index (χ4n) is 1.34. The number of aromatic nitrogens is 2. The molecule has 0 fully saturated rings. The number of rotatable bonds is 0. The van der Waals surface area contributed by atoms with E-state index in [-0.39, 0.29) is 16.2 Å². The topological polar surface area (TPSA) is 45.8 Å². The van der Waals surface area contributed by atoms with E-state index in [0.717, 1.165) is 18.2 Å². The predicted molar refractivity (Wildman–Crippen MR) is 52.4 cm³/mol. The zero-order chi connectivity index (χ0) is 11.9. The van der Waals surface area contributed by atoms with Gasteiger partial charge in [-0.05, 0) is 12.1 Å². The first-order valence-electron chi connectivity index (χ1n) is 4.15. The van der Waals surface area contributed by atoms with E-state index in [1.165, 1.54) is 0 Å². The Morgan fingerprint density at radius 1 is 1.31 bits per heavy atom. The Morgan fingerprint density at radius 3 is 2.62 bits per heavy atom. The van der Waals surface area contributed by atoms with Crippen LogP contribution in [0, 0.1) is 0 Å². The summed E-state index contributed by atoms with van der Waals surface area (Å²) in [4.78, 5) is 16.7. The van der Waals surface area contributed by atoms with Crippen molar-refractivity contribution in [2.45, 2.75) is 6.18 Å². The van der Waals surface area contributed by atoms with Crippen LogP contribution in [0.5, 0.6) is 0 Å². The number of aromatic amines is 1. The van der Waals surface area contributed by atoms with Crippen LogP contribution in [0.15, 0.2) is 23.0 Å². The average Bonchev–Trinajstić information content (AvgIpc) is 2.14. The SMILES string of the molecule is O=c1ccc2c(C(F)(F)F)cc(Cl)nc2[nH]1. The molecule has 2 aromatic heterocycles. The number of fused-ring (bicyclic) bond motifs is 1. The molecule has 0 spiro atoms. The molecule has 3 nitrogen and oxygen atoms in total. The Hall–Kier alpha value is -1.56. The molecule has 0 unspecified atom stereocenters. The van der Waals surface area contributed by atoms with Gasteiger partial charge in [-0.15, -0.1) is 0 Å². The van der Waals surface area contributed by atoms with Crippen molar-refractivity contribution in [3.8, 4) is 0 Å². The number of hydrogen-bond donors (Lipinski definition) is 1. The molecule has 0 aliphatic rings. The highest BCUT2D eigenvalue weighted by molar-refractivity contribution is 6.29. The van der Waals surface area contributed by atoms with Crippen LogP contribution in [0.1, 0.15) is 5.56 Å². The first kappa shape index (κ1) is 10.9. The van der Waals surface area contributed by atoms with Crippen molar-refractivity contribution in [3.05, 3.63) is 39.3 Å². The number of nitrogens with zero attached hydrogens (tertiary/aromatic N) is 1. The van der Waals surface area contributed by atoms with Crippen LogP contribution < -0.4 is 5.56 Å². The van der Waals surface area contributed by atoms with Crippen molar-refractivity contribution in [1.29, 1.82) is 0 Å². The van der Waals surface area contributed by atoms with E-state index in [9.17, 15) is 18.0 Å². The van der Waals surface area contributed by atoms with Crippen molar-refractivity contribution in [2.75, 3.05) is 0 Å². The zero-order valence-electron chi connectivity index (χ0n) is 7.60. The van der Waals surface area contributed by atoms with Crippen LogP contribution in [0.3, 0.4) is 0 Å². The Kier molecular flexibility index (Phi) is 2.38. The van der Waals surface area contributed by atoms with Crippen LogP contribution in [0.4, 0.5) is 13.2 Å². The van der Waals surface area contributed by atoms with Gasteiger partial charge in [-0.3, -0.25) is 4.79 Å². The number of hydrogen-bond acceptors (Lipinski definition) is 2. The smallest absolute Gasteiger partial charge is 0.307 e. The van der Waals surface area contributed by atoms with E-state index >= 15 is 0 Å². The van der Waals surface area contributed by atoms with Crippen molar-refractivity contribution in [2.24, 2.45) is 0 Å². The normalized spacial score (nSPS) is 12.0. The summed E-state index contributed by atoms with van der Waals surface area (Å²) in [5.74, 6) is 0. The van der Waals surface area contributed by atoms with Crippen molar-refractivity contribution < 1.29 is 13.2 Å².